The maximum Gasteiger partial charge on any atom is 0.372 e. The molecular weight excluding hydrogens is 336 g/mol. The summed E-state index contributed by atoms with van der Waals surface area (Å²) in [5.74, 6) is 0.0135. The van der Waals surface area contributed by atoms with Gasteiger partial charge in [-0.05, 0) is 37.3 Å². The van der Waals surface area contributed by atoms with Crippen LogP contribution in [0.15, 0.2) is 58.4 Å². The molecule has 0 fully saturated rings. The molecule has 0 unspecified atom stereocenters. The summed E-state index contributed by atoms with van der Waals surface area (Å²) >= 11 is 3.32. The van der Waals surface area contributed by atoms with Gasteiger partial charge in [0, 0.05) is 22.4 Å². The Morgan fingerprint density at radius 3 is 2.76 bits per heavy atom. The fourth-order valence-electron chi connectivity index (χ4n) is 1.49. The molecule has 0 aliphatic rings. The number of pyridine rings is 1. The molecule has 21 heavy (non-hydrogen) atoms. The summed E-state index contributed by atoms with van der Waals surface area (Å²) in [6, 6.07) is 10.8. The number of ether oxygens (including phenoxy) is 1. The van der Waals surface area contributed by atoms with Crippen LogP contribution in [0, 0.1) is 0 Å². The number of oxime groups is 1. The molecule has 0 aliphatic carbocycles. The second-order valence-corrected chi connectivity index (χ2v) is 5.04. The third-order valence-electron chi connectivity index (χ3n) is 2.54. The zero-order chi connectivity index (χ0) is 15.1. The molecule has 0 saturated carbocycles. The van der Waals surface area contributed by atoms with Crippen molar-refractivity contribution in [3.05, 3.63) is 58.8 Å². The second-order valence-electron chi connectivity index (χ2n) is 4.12. The van der Waals surface area contributed by atoms with Crippen molar-refractivity contribution in [1.29, 1.82) is 0 Å². The zero-order valence-corrected chi connectivity index (χ0v) is 12.9. The minimum absolute atomic E-state index is 0.205. The van der Waals surface area contributed by atoms with E-state index in [1.807, 2.05) is 12.1 Å². The molecule has 0 bridgehead atoms. The van der Waals surface area contributed by atoms with Gasteiger partial charge in [0.2, 0.25) is 0 Å². The number of rotatable bonds is 5. The van der Waals surface area contributed by atoms with E-state index in [0.717, 1.165) is 10.0 Å². The molecule has 0 radical (unpaired) electrons. The van der Waals surface area contributed by atoms with Gasteiger partial charge in [-0.2, -0.15) is 0 Å². The molecule has 0 aliphatic heterocycles. The van der Waals surface area contributed by atoms with Gasteiger partial charge < -0.3 is 9.57 Å². The lowest BCUT2D eigenvalue weighted by Gasteiger charge is -2.04. The fraction of sp³-hybridized carbons (Fsp3) is 0.133. The largest absolute Gasteiger partial charge is 0.482 e. The van der Waals surface area contributed by atoms with Crippen molar-refractivity contribution in [3.8, 4) is 5.75 Å². The summed E-state index contributed by atoms with van der Waals surface area (Å²) in [7, 11) is 0. The Kier molecular flexibility index (Phi) is 5.45. The minimum atomic E-state index is -0.566. The SMILES string of the molecule is C/C(=N\OC(=O)COc1cccc(Br)c1)c1ccncc1. The van der Waals surface area contributed by atoms with Gasteiger partial charge in [0.15, 0.2) is 6.61 Å². The summed E-state index contributed by atoms with van der Waals surface area (Å²) in [5, 5.41) is 3.77. The van der Waals surface area contributed by atoms with Gasteiger partial charge in [-0.1, -0.05) is 27.2 Å². The van der Waals surface area contributed by atoms with Crippen molar-refractivity contribution in [3.63, 3.8) is 0 Å². The normalized spacial score (nSPS) is 11.0. The van der Waals surface area contributed by atoms with E-state index < -0.39 is 5.97 Å². The highest BCUT2D eigenvalue weighted by molar-refractivity contribution is 9.10. The number of hydrogen-bond donors (Lipinski definition) is 0. The molecular formula is C15H13BrN2O3. The van der Waals surface area contributed by atoms with Crippen LogP contribution in [0.25, 0.3) is 0 Å². The predicted molar refractivity (Wildman–Crippen MR) is 82.2 cm³/mol. The monoisotopic (exact) mass is 348 g/mol. The summed E-state index contributed by atoms with van der Waals surface area (Å²) in [5.41, 5.74) is 1.43. The van der Waals surface area contributed by atoms with Crippen LogP contribution in [0.2, 0.25) is 0 Å². The highest BCUT2D eigenvalue weighted by Crippen LogP contribution is 2.17. The lowest BCUT2D eigenvalue weighted by molar-refractivity contribution is -0.146. The van der Waals surface area contributed by atoms with E-state index in [1.54, 1.807) is 43.6 Å². The van der Waals surface area contributed by atoms with Crippen LogP contribution in [-0.4, -0.2) is 23.3 Å². The van der Waals surface area contributed by atoms with Gasteiger partial charge in [0.1, 0.15) is 5.75 Å². The van der Waals surface area contributed by atoms with Crippen LogP contribution in [0.1, 0.15) is 12.5 Å². The Hall–Kier alpha value is -2.21. The van der Waals surface area contributed by atoms with Gasteiger partial charge in [0.25, 0.3) is 0 Å². The van der Waals surface area contributed by atoms with Gasteiger partial charge >= 0.3 is 5.97 Å². The van der Waals surface area contributed by atoms with E-state index in [1.165, 1.54) is 0 Å². The van der Waals surface area contributed by atoms with Crippen LogP contribution in [0.3, 0.4) is 0 Å². The number of hydrogen-bond acceptors (Lipinski definition) is 5. The smallest absolute Gasteiger partial charge is 0.372 e. The summed E-state index contributed by atoms with van der Waals surface area (Å²) in [6.45, 7) is 1.54. The number of carbonyl (C=O) groups is 1. The Morgan fingerprint density at radius 2 is 2.05 bits per heavy atom. The van der Waals surface area contributed by atoms with Gasteiger partial charge in [-0.15, -0.1) is 0 Å². The average molecular weight is 349 g/mol. The third-order valence-corrected chi connectivity index (χ3v) is 3.03. The predicted octanol–water partition coefficient (Wildman–Crippen LogP) is 3.19. The Morgan fingerprint density at radius 1 is 1.29 bits per heavy atom. The summed E-state index contributed by atoms with van der Waals surface area (Å²) < 4.78 is 6.18. The average Bonchev–Trinajstić information content (AvgIpc) is 2.51. The van der Waals surface area contributed by atoms with Crippen molar-refractivity contribution in [2.45, 2.75) is 6.92 Å². The molecule has 0 spiro atoms. The zero-order valence-electron chi connectivity index (χ0n) is 11.3. The van der Waals surface area contributed by atoms with E-state index in [9.17, 15) is 4.79 Å². The molecule has 0 N–H and O–H groups in total. The van der Waals surface area contributed by atoms with Crippen molar-refractivity contribution in [2.75, 3.05) is 6.61 Å². The van der Waals surface area contributed by atoms with Crippen molar-refractivity contribution >= 4 is 27.6 Å². The number of nitrogens with zero attached hydrogens (tertiary/aromatic N) is 2. The molecule has 108 valence electrons. The molecule has 0 amide bonds. The third kappa shape index (κ3) is 5.00. The summed E-state index contributed by atoms with van der Waals surface area (Å²) in [6.07, 6.45) is 3.29. The first-order valence-electron chi connectivity index (χ1n) is 6.18. The van der Waals surface area contributed by atoms with Gasteiger partial charge in [-0.25, -0.2) is 4.79 Å². The molecule has 5 nitrogen and oxygen atoms in total. The molecule has 0 saturated heterocycles. The Balaban J connectivity index is 1.85. The maximum absolute atomic E-state index is 11.6. The van der Waals surface area contributed by atoms with Gasteiger partial charge in [0.05, 0.1) is 5.71 Å². The van der Waals surface area contributed by atoms with E-state index in [-0.39, 0.29) is 6.61 Å². The molecule has 1 heterocycles. The number of benzene rings is 1. The van der Waals surface area contributed by atoms with Gasteiger partial charge in [-0.3, -0.25) is 4.98 Å². The van der Waals surface area contributed by atoms with Crippen LogP contribution in [0.4, 0.5) is 0 Å². The lowest BCUT2D eigenvalue weighted by atomic mass is 10.2. The van der Waals surface area contributed by atoms with E-state index in [4.69, 9.17) is 9.57 Å². The maximum atomic E-state index is 11.6. The molecule has 2 rings (SSSR count). The van der Waals surface area contributed by atoms with Crippen LogP contribution in [0.5, 0.6) is 5.75 Å². The quantitative estimate of drug-likeness (QED) is 0.473. The fourth-order valence-corrected chi connectivity index (χ4v) is 1.87. The molecule has 1 aromatic heterocycles. The van der Waals surface area contributed by atoms with E-state index in [2.05, 4.69) is 26.1 Å². The number of aromatic nitrogens is 1. The van der Waals surface area contributed by atoms with Crippen molar-refractivity contribution < 1.29 is 14.4 Å². The van der Waals surface area contributed by atoms with E-state index in [0.29, 0.717) is 11.5 Å². The second kappa shape index (κ2) is 7.54. The van der Waals surface area contributed by atoms with Crippen LogP contribution >= 0.6 is 15.9 Å². The molecule has 2 aromatic rings. The van der Waals surface area contributed by atoms with Crippen LogP contribution < -0.4 is 4.74 Å². The first-order chi connectivity index (χ1) is 10.1. The molecule has 6 heteroatoms. The Bertz CT molecular complexity index is 644. The van der Waals surface area contributed by atoms with Crippen LogP contribution in [-0.2, 0) is 9.63 Å². The number of halogens is 1. The lowest BCUT2D eigenvalue weighted by Crippen LogP contribution is -2.13. The molecule has 0 atom stereocenters. The molecule has 1 aromatic carbocycles. The topological polar surface area (TPSA) is 60.8 Å². The highest BCUT2D eigenvalue weighted by atomic mass is 79.9. The van der Waals surface area contributed by atoms with Crippen molar-refractivity contribution in [1.82, 2.24) is 4.98 Å². The van der Waals surface area contributed by atoms with Crippen molar-refractivity contribution in [2.24, 2.45) is 5.16 Å². The number of carbonyl (C=O) groups excluding carboxylic acids is 1. The summed E-state index contributed by atoms with van der Waals surface area (Å²) in [4.78, 5) is 20.3. The Labute approximate surface area is 130 Å². The minimum Gasteiger partial charge on any atom is -0.482 e. The first-order valence-corrected chi connectivity index (χ1v) is 6.97. The first kappa shape index (κ1) is 15.2. The highest BCUT2D eigenvalue weighted by Gasteiger charge is 2.05. The van der Waals surface area contributed by atoms with E-state index >= 15 is 0 Å². The standard InChI is InChI=1S/C15H13BrN2O3/c1-11(12-5-7-17-8-6-12)18-21-15(19)10-20-14-4-2-3-13(16)9-14/h2-9H,10H2,1H3/b18-11+.